The van der Waals surface area contributed by atoms with Crippen LogP contribution in [0.4, 0.5) is 0 Å². The molecule has 0 bridgehead atoms. The molecule has 1 saturated carbocycles. The first-order valence-corrected chi connectivity index (χ1v) is 11.2. The third-order valence-electron chi connectivity index (χ3n) is 5.80. The van der Waals surface area contributed by atoms with Gasteiger partial charge in [-0.1, -0.05) is 12.1 Å². The van der Waals surface area contributed by atoms with Gasteiger partial charge >= 0.3 is 17.9 Å². The Labute approximate surface area is 216 Å². The molecule has 202 valence electrons. The molecule has 1 aliphatic rings. The highest BCUT2D eigenvalue weighted by Gasteiger charge is 2.52. The standard InChI is InChI=1S/C26H26O12/c1-36-19-11-15(3-7-17(19)28)5-9-23(31)38-21-13-26(35,25(33)34)12-20(24(21)32)37-22(30)8-4-14-2-6-16(27)18(29)10-14/h2-11,20-21,24,27-29,32,35H,12-13H2,1H3,(H,33,34)/t20-,21+,24+,26-/m1/s1. The third-order valence-corrected chi connectivity index (χ3v) is 5.80. The van der Waals surface area contributed by atoms with Crippen LogP contribution in [0.1, 0.15) is 24.0 Å². The first-order valence-electron chi connectivity index (χ1n) is 11.2. The second kappa shape index (κ2) is 11.7. The SMILES string of the molecule is COc1cc(C=CC(=O)O[C@H]2C[C@@](O)(C(=O)O)C[C@@H](OC(=O)C=Cc3ccc(O)c(O)c3)[C@@H]2O)ccc1O. The Kier molecular flexibility index (Phi) is 8.61. The number of carboxylic acid groups (broad SMARTS) is 1. The van der Waals surface area contributed by atoms with Gasteiger partial charge in [-0.3, -0.25) is 0 Å². The fourth-order valence-electron chi connectivity index (χ4n) is 3.77. The number of aromatic hydroxyl groups is 3. The van der Waals surface area contributed by atoms with Gasteiger partial charge in [0.25, 0.3) is 0 Å². The first kappa shape index (κ1) is 28.0. The van der Waals surface area contributed by atoms with Gasteiger partial charge in [-0.05, 0) is 47.5 Å². The highest BCUT2D eigenvalue weighted by molar-refractivity contribution is 5.88. The number of aliphatic hydroxyl groups is 2. The summed E-state index contributed by atoms with van der Waals surface area (Å²) >= 11 is 0. The number of aliphatic hydroxyl groups excluding tert-OH is 1. The summed E-state index contributed by atoms with van der Waals surface area (Å²) in [6.45, 7) is 0. The van der Waals surface area contributed by atoms with Crippen LogP contribution in [0.15, 0.2) is 48.6 Å². The minimum absolute atomic E-state index is 0.109. The monoisotopic (exact) mass is 530 g/mol. The van der Waals surface area contributed by atoms with E-state index in [1.807, 2.05) is 0 Å². The van der Waals surface area contributed by atoms with Crippen LogP contribution in [0.5, 0.6) is 23.0 Å². The summed E-state index contributed by atoms with van der Waals surface area (Å²) in [6.07, 6.45) is -1.58. The van der Waals surface area contributed by atoms with Crippen molar-refractivity contribution >= 4 is 30.1 Å². The van der Waals surface area contributed by atoms with Crippen LogP contribution in [0, 0.1) is 0 Å². The van der Waals surface area contributed by atoms with Crippen LogP contribution in [-0.4, -0.2) is 79.6 Å². The third kappa shape index (κ3) is 6.81. The second-order valence-electron chi connectivity index (χ2n) is 8.53. The summed E-state index contributed by atoms with van der Waals surface area (Å²) in [7, 11) is 1.35. The summed E-state index contributed by atoms with van der Waals surface area (Å²) in [5.74, 6) is -4.37. The Bertz CT molecular complexity index is 1270. The van der Waals surface area contributed by atoms with Gasteiger partial charge in [-0.2, -0.15) is 0 Å². The van der Waals surface area contributed by atoms with E-state index in [2.05, 4.69) is 0 Å². The number of hydrogen-bond donors (Lipinski definition) is 6. The van der Waals surface area contributed by atoms with Crippen molar-refractivity contribution in [2.24, 2.45) is 0 Å². The molecule has 1 aliphatic carbocycles. The van der Waals surface area contributed by atoms with E-state index in [0.29, 0.717) is 11.1 Å². The molecule has 0 radical (unpaired) electrons. The first-order chi connectivity index (χ1) is 17.9. The van der Waals surface area contributed by atoms with Crippen molar-refractivity contribution in [3.05, 3.63) is 59.7 Å². The second-order valence-corrected chi connectivity index (χ2v) is 8.53. The number of carboxylic acids is 1. The highest BCUT2D eigenvalue weighted by atomic mass is 16.6. The maximum absolute atomic E-state index is 12.4. The van der Waals surface area contributed by atoms with Crippen molar-refractivity contribution in [1.29, 1.82) is 0 Å². The number of benzene rings is 2. The van der Waals surface area contributed by atoms with Gasteiger partial charge in [0.05, 0.1) is 7.11 Å². The minimum atomic E-state index is -2.46. The number of methoxy groups -OCH3 is 1. The van der Waals surface area contributed by atoms with Crippen LogP contribution in [0.2, 0.25) is 0 Å². The molecular formula is C26H26O12. The van der Waals surface area contributed by atoms with E-state index >= 15 is 0 Å². The number of aliphatic carboxylic acids is 1. The largest absolute Gasteiger partial charge is 0.504 e. The summed E-state index contributed by atoms with van der Waals surface area (Å²) < 4.78 is 15.3. The van der Waals surface area contributed by atoms with Gasteiger partial charge in [0.1, 0.15) is 18.3 Å². The Morgan fingerprint density at radius 1 is 0.842 bits per heavy atom. The lowest BCUT2D eigenvalue weighted by Crippen LogP contribution is -2.58. The van der Waals surface area contributed by atoms with E-state index in [1.54, 1.807) is 0 Å². The number of ether oxygens (including phenoxy) is 3. The number of rotatable bonds is 8. The van der Waals surface area contributed by atoms with Crippen LogP contribution in [0.3, 0.4) is 0 Å². The lowest BCUT2D eigenvalue weighted by Gasteiger charge is -2.40. The average Bonchev–Trinajstić information content (AvgIpc) is 2.87. The van der Waals surface area contributed by atoms with Gasteiger partial charge in [0.15, 0.2) is 28.6 Å². The number of esters is 2. The molecule has 3 rings (SSSR count). The average molecular weight is 530 g/mol. The van der Waals surface area contributed by atoms with E-state index in [1.165, 1.54) is 55.7 Å². The number of phenols is 3. The molecule has 0 unspecified atom stereocenters. The number of hydrogen-bond acceptors (Lipinski definition) is 11. The molecule has 0 saturated heterocycles. The Morgan fingerprint density at radius 2 is 1.34 bits per heavy atom. The molecule has 1 fully saturated rings. The molecule has 4 atom stereocenters. The fourth-order valence-corrected chi connectivity index (χ4v) is 3.77. The molecule has 0 spiro atoms. The van der Waals surface area contributed by atoms with Crippen molar-refractivity contribution < 1.29 is 59.2 Å². The predicted octanol–water partition coefficient (Wildman–Crippen LogP) is 1.33. The van der Waals surface area contributed by atoms with E-state index in [-0.39, 0.29) is 17.2 Å². The van der Waals surface area contributed by atoms with Gasteiger partial charge < -0.3 is 44.8 Å². The summed E-state index contributed by atoms with van der Waals surface area (Å²) in [5.41, 5.74) is -1.67. The van der Waals surface area contributed by atoms with Crippen molar-refractivity contribution in [2.45, 2.75) is 36.8 Å². The van der Waals surface area contributed by atoms with Gasteiger partial charge in [0.2, 0.25) is 0 Å². The number of phenolic OH excluding ortho intramolecular Hbond substituents is 3. The quantitative estimate of drug-likeness (QED) is 0.163. The summed E-state index contributed by atoms with van der Waals surface area (Å²) in [5, 5.41) is 59.3. The molecular weight excluding hydrogens is 504 g/mol. The predicted molar refractivity (Wildman–Crippen MR) is 130 cm³/mol. The molecule has 0 heterocycles. The number of carbonyl (C=O) groups excluding carboxylic acids is 2. The van der Waals surface area contributed by atoms with E-state index in [9.17, 15) is 45.0 Å². The lowest BCUT2D eigenvalue weighted by molar-refractivity contribution is -0.203. The van der Waals surface area contributed by atoms with Gasteiger partial charge in [-0.15, -0.1) is 0 Å². The van der Waals surface area contributed by atoms with Gasteiger partial charge in [0, 0.05) is 25.0 Å². The van der Waals surface area contributed by atoms with Crippen molar-refractivity contribution in [2.75, 3.05) is 7.11 Å². The van der Waals surface area contributed by atoms with Crippen LogP contribution in [-0.2, 0) is 23.9 Å². The minimum Gasteiger partial charge on any atom is -0.504 e. The maximum Gasteiger partial charge on any atom is 0.335 e. The molecule has 0 aliphatic heterocycles. The Balaban J connectivity index is 1.71. The zero-order chi connectivity index (χ0) is 28.0. The zero-order valence-electron chi connectivity index (χ0n) is 20.1. The molecule has 12 heteroatoms. The molecule has 2 aromatic rings. The lowest BCUT2D eigenvalue weighted by atomic mass is 9.79. The molecule has 38 heavy (non-hydrogen) atoms. The molecule has 0 aromatic heterocycles. The van der Waals surface area contributed by atoms with Crippen LogP contribution < -0.4 is 4.74 Å². The normalized spacial score (nSPS) is 23.3. The van der Waals surface area contributed by atoms with E-state index < -0.39 is 60.4 Å². The van der Waals surface area contributed by atoms with Gasteiger partial charge in [-0.25, -0.2) is 14.4 Å². The van der Waals surface area contributed by atoms with Crippen LogP contribution in [0.25, 0.3) is 12.2 Å². The van der Waals surface area contributed by atoms with E-state index in [0.717, 1.165) is 12.2 Å². The van der Waals surface area contributed by atoms with Crippen LogP contribution >= 0.6 is 0 Å². The van der Waals surface area contributed by atoms with E-state index in [4.69, 9.17) is 14.2 Å². The fraction of sp³-hybridized carbons (Fsp3) is 0.269. The molecule has 12 nitrogen and oxygen atoms in total. The summed E-state index contributed by atoms with van der Waals surface area (Å²) in [4.78, 5) is 36.4. The molecule has 6 N–H and O–H groups in total. The Hall–Kier alpha value is -4.55. The molecule has 0 amide bonds. The van der Waals surface area contributed by atoms with Crippen molar-refractivity contribution in [1.82, 2.24) is 0 Å². The highest BCUT2D eigenvalue weighted by Crippen LogP contribution is 2.33. The topological polar surface area (TPSA) is 200 Å². The van der Waals surface area contributed by atoms with Crippen molar-refractivity contribution in [3.63, 3.8) is 0 Å². The maximum atomic E-state index is 12.4. The Morgan fingerprint density at radius 3 is 1.82 bits per heavy atom. The summed E-state index contributed by atoms with van der Waals surface area (Å²) in [6, 6.07) is 8.05. The number of carbonyl (C=O) groups is 3. The van der Waals surface area contributed by atoms with Crippen molar-refractivity contribution in [3.8, 4) is 23.0 Å². The molecule has 2 aromatic carbocycles. The zero-order valence-corrected chi connectivity index (χ0v) is 20.1. The smallest absolute Gasteiger partial charge is 0.335 e.